The fraction of sp³-hybridized carbons (Fsp3) is 0.885. The summed E-state index contributed by atoms with van der Waals surface area (Å²) in [4.78, 5) is 16.8. The quantitative estimate of drug-likeness (QED) is 0.265. The third-order valence-corrected chi connectivity index (χ3v) is 18.0. The van der Waals surface area contributed by atoms with Gasteiger partial charge in [-0.05, 0) is 22.2 Å². The highest BCUT2D eigenvalue weighted by molar-refractivity contribution is 6.84. The number of fused-ring (bicyclic) bond motifs is 1. The maximum Gasteiger partial charge on any atom is 0.335 e. The molecular formula is C26H50N4O8Si2. The average Bonchev–Trinajstić information content (AvgIpc) is 3.49. The number of hydrogen-bond donors (Lipinski definition) is 1. The molecule has 0 aromatic carbocycles. The highest BCUT2D eigenvalue weighted by Crippen LogP contribution is 2.48. The molecule has 1 amide bonds. The van der Waals surface area contributed by atoms with Crippen molar-refractivity contribution in [2.24, 2.45) is 0 Å². The molecule has 2 aliphatic rings. The van der Waals surface area contributed by atoms with Gasteiger partial charge in [-0.25, -0.2) is 9.67 Å². The third kappa shape index (κ3) is 6.86. The summed E-state index contributed by atoms with van der Waals surface area (Å²) < 4.78 is 46.2. The van der Waals surface area contributed by atoms with E-state index in [0.717, 1.165) is 0 Å². The Hall–Kier alpha value is -1.24. The number of aromatic nitrogens is 3. The first-order valence-electron chi connectivity index (χ1n) is 14.4. The largest absolute Gasteiger partial charge is 0.414 e. The van der Waals surface area contributed by atoms with Crippen LogP contribution in [-0.4, -0.2) is 103 Å². The van der Waals surface area contributed by atoms with Crippen LogP contribution in [-0.2, 0) is 31.9 Å². The highest BCUT2D eigenvalue weighted by Gasteiger charge is 2.62. The molecule has 0 aliphatic carbocycles. The van der Waals surface area contributed by atoms with Gasteiger partial charge in [-0.2, -0.15) is 0 Å². The molecule has 12 nitrogen and oxygen atoms in total. The van der Waals surface area contributed by atoms with Crippen molar-refractivity contribution in [2.75, 3.05) is 47.2 Å². The molecule has 1 N–H and O–H groups in total. The number of carbonyl (C=O) groups excluding carboxylic acids is 1. The van der Waals surface area contributed by atoms with Crippen molar-refractivity contribution in [3.05, 3.63) is 12.2 Å². The van der Waals surface area contributed by atoms with Crippen LogP contribution in [0.25, 0.3) is 0 Å². The van der Waals surface area contributed by atoms with Crippen molar-refractivity contribution in [2.45, 2.75) is 102 Å². The molecule has 2 fully saturated rings. The molecule has 230 valence electrons. The van der Waals surface area contributed by atoms with Crippen LogP contribution in [0.5, 0.6) is 0 Å². The number of nitrogens with zero attached hydrogens (tertiary/aromatic N) is 3. The van der Waals surface area contributed by atoms with E-state index in [9.17, 15) is 4.79 Å². The molecule has 14 heteroatoms. The van der Waals surface area contributed by atoms with Crippen molar-refractivity contribution < 1.29 is 36.7 Å². The zero-order valence-electron chi connectivity index (χ0n) is 25.8. The van der Waals surface area contributed by atoms with Gasteiger partial charge < -0.3 is 37.2 Å². The maximum atomic E-state index is 12.6. The predicted molar refractivity (Wildman–Crippen MR) is 154 cm³/mol. The van der Waals surface area contributed by atoms with Gasteiger partial charge in [-0.15, -0.1) is 5.10 Å². The molecule has 1 aromatic heterocycles. The van der Waals surface area contributed by atoms with Crippen LogP contribution >= 0.6 is 0 Å². The van der Waals surface area contributed by atoms with E-state index < -0.39 is 41.7 Å². The van der Waals surface area contributed by atoms with E-state index in [1.165, 1.54) is 6.33 Å². The summed E-state index contributed by atoms with van der Waals surface area (Å²) >= 11 is 0. The second-order valence-corrected chi connectivity index (χ2v) is 20.6. The fourth-order valence-electron chi connectivity index (χ4n) is 5.63. The fourth-order valence-corrected chi connectivity index (χ4v) is 16.8. The molecule has 2 aliphatic heterocycles. The minimum atomic E-state index is -2.89. The molecule has 1 aromatic rings. The van der Waals surface area contributed by atoms with Gasteiger partial charge in [0.2, 0.25) is 5.82 Å². The van der Waals surface area contributed by atoms with Crippen LogP contribution < -0.4 is 5.32 Å². The molecule has 40 heavy (non-hydrogen) atoms. The zero-order valence-corrected chi connectivity index (χ0v) is 27.8. The van der Waals surface area contributed by atoms with Crippen LogP contribution in [0.2, 0.25) is 22.2 Å². The van der Waals surface area contributed by atoms with E-state index in [1.54, 1.807) is 18.9 Å². The Morgan fingerprint density at radius 1 is 1.00 bits per heavy atom. The SMILES string of the molecule is COCCNC(=O)c1ncn([C@@H]2O[C@@H]3CO[Si](C(C)C)(C(C)C)O[Si](C(C)C)(C(C)C)OC3[C@@H]2OCCOC)n1. The Bertz CT molecular complexity index is 932. The van der Waals surface area contributed by atoms with Gasteiger partial charge in [-0.1, -0.05) is 55.4 Å². The van der Waals surface area contributed by atoms with E-state index >= 15 is 0 Å². The summed E-state index contributed by atoms with van der Waals surface area (Å²) in [6.07, 6.45) is -0.612. The number of rotatable bonds is 13. The Labute approximate surface area is 241 Å². The molecular weight excluding hydrogens is 552 g/mol. The molecule has 1 unspecified atom stereocenters. The van der Waals surface area contributed by atoms with E-state index in [1.807, 2.05) is 0 Å². The number of amides is 1. The third-order valence-electron chi connectivity index (χ3n) is 7.78. The summed E-state index contributed by atoms with van der Waals surface area (Å²) in [7, 11) is -2.41. The molecule has 4 atom stereocenters. The van der Waals surface area contributed by atoms with Crippen molar-refractivity contribution in [1.29, 1.82) is 0 Å². The molecule has 2 saturated heterocycles. The van der Waals surface area contributed by atoms with Crippen LogP contribution in [0.4, 0.5) is 0 Å². The molecule has 0 spiro atoms. The van der Waals surface area contributed by atoms with Gasteiger partial charge in [0.25, 0.3) is 5.91 Å². The Morgan fingerprint density at radius 3 is 2.20 bits per heavy atom. The summed E-state index contributed by atoms with van der Waals surface area (Å²) in [6, 6.07) is 0. The second-order valence-electron chi connectivity index (χ2n) is 11.7. The summed E-state index contributed by atoms with van der Waals surface area (Å²) in [5.41, 5.74) is 0.758. The lowest BCUT2D eigenvalue weighted by Gasteiger charge is -2.51. The minimum Gasteiger partial charge on any atom is -0.414 e. The van der Waals surface area contributed by atoms with Crippen molar-refractivity contribution in [3.8, 4) is 0 Å². The first-order valence-corrected chi connectivity index (χ1v) is 18.3. The number of hydrogen-bond acceptors (Lipinski definition) is 10. The second kappa shape index (κ2) is 14.3. The monoisotopic (exact) mass is 602 g/mol. The Morgan fingerprint density at radius 2 is 1.62 bits per heavy atom. The average molecular weight is 603 g/mol. The lowest BCUT2D eigenvalue weighted by Crippen LogP contribution is -2.66. The van der Waals surface area contributed by atoms with Crippen molar-refractivity contribution in [3.63, 3.8) is 0 Å². The lowest BCUT2D eigenvalue weighted by atomic mass is 10.1. The maximum absolute atomic E-state index is 12.6. The number of ether oxygens (including phenoxy) is 4. The molecule has 0 bridgehead atoms. The van der Waals surface area contributed by atoms with Gasteiger partial charge in [0.15, 0.2) is 6.23 Å². The van der Waals surface area contributed by atoms with Gasteiger partial charge in [0, 0.05) is 20.8 Å². The topological polar surface area (TPSA) is 124 Å². The first-order chi connectivity index (χ1) is 18.9. The van der Waals surface area contributed by atoms with Crippen LogP contribution in [0.15, 0.2) is 6.33 Å². The van der Waals surface area contributed by atoms with Crippen LogP contribution in [0, 0.1) is 0 Å². The van der Waals surface area contributed by atoms with E-state index in [0.29, 0.717) is 33.0 Å². The normalized spacial score (nSPS) is 26.4. The lowest BCUT2D eigenvalue weighted by molar-refractivity contribution is -0.0839. The molecule has 0 radical (unpaired) electrons. The number of methoxy groups -OCH3 is 2. The smallest absolute Gasteiger partial charge is 0.335 e. The van der Waals surface area contributed by atoms with Gasteiger partial charge in [0.1, 0.15) is 24.6 Å². The molecule has 0 saturated carbocycles. The van der Waals surface area contributed by atoms with Gasteiger partial charge >= 0.3 is 17.1 Å². The van der Waals surface area contributed by atoms with Crippen molar-refractivity contribution >= 4 is 23.0 Å². The standard InChI is InChI=1S/C26H50N4O8Si2/c1-17(2)39(18(3)4)35-15-21-22(37-40(38-39,19(5)6)20(7)8)23(34-14-13-33-10)26(36-21)30-16-28-24(29-30)25(31)27-11-12-32-9/h16-23,26H,11-15H2,1-10H3,(H,27,31)/t21-,22?,23+,26-/m1/s1. The van der Waals surface area contributed by atoms with Gasteiger partial charge in [-0.3, -0.25) is 4.79 Å². The minimum absolute atomic E-state index is 0.0410. The highest BCUT2D eigenvalue weighted by atomic mass is 28.5. The first kappa shape index (κ1) is 33.3. The predicted octanol–water partition coefficient (Wildman–Crippen LogP) is 3.54. The van der Waals surface area contributed by atoms with Crippen LogP contribution in [0.1, 0.15) is 72.2 Å². The van der Waals surface area contributed by atoms with E-state index in [2.05, 4.69) is 70.8 Å². The summed E-state index contributed by atoms with van der Waals surface area (Å²) in [6.45, 7) is 19.3. The zero-order chi connectivity index (χ0) is 29.7. The summed E-state index contributed by atoms with van der Waals surface area (Å²) in [5, 5.41) is 7.20. The molecule has 3 heterocycles. The Kier molecular flexibility index (Phi) is 11.9. The Balaban J connectivity index is 2.01. The summed E-state index contributed by atoms with van der Waals surface area (Å²) in [5.74, 6) is -0.348. The number of nitrogens with one attached hydrogen (secondary N) is 1. The number of carbonyl (C=O) groups is 1. The van der Waals surface area contributed by atoms with Crippen molar-refractivity contribution in [1.82, 2.24) is 20.1 Å². The van der Waals surface area contributed by atoms with E-state index in [-0.39, 0.29) is 33.9 Å². The molecule has 3 rings (SSSR count). The van der Waals surface area contributed by atoms with Gasteiger partial charge in [0.05, 0.1) is 26.4 Å². The van der Waals surface area contributed by atoms with E-state index in [4.69, 9.17) is 31.9 Å². The van der Waals surface area contributed by atoms with Crippen LogP contribution in [0.3, 0.4) is 0 Å².